The molecule has 1 saturated carbocycles. The van der Waals surface area contributed by atoms with Crippen molar-refractivity contribution in [1.82, 2.24) is 29.2 Å². The lowest BCUT2D eigenvalue weighted by Crippen LogP contribution is -2.32. The highest BCUT2D eigenvalue weighted by molar-refractivity contribution is 7.97. The lowest BCUT2D eigenvalue weighted by atomic mass is 10.0. The number of nitrogens with one attached hydrogen (secondary N) is 2. The number of aromatic nitrogens is 5. The van der Waals surface area contributed by atoms with Crippen molar-refractivity contribution >= 4 is 52.0 Å². The first-order valence-electron chi connectivity index (χ1n) is 13.7. The molecule has 2 N–H and O–H groups in total. The predicted octanol–water partition coefficient (Wildman–Crippen LogP) is 5.05. The lowest BCUT2D eigenvalue weighted by Gasteiger charge is -2.25. The summed E-state index contributed by atoms with van der Waals surface area (Å²) in [4.78, 5) is 45.3. The van der Waals surface area contributed by atoms with E-state index in [1.807, 2.05) is 26.0 Å². The third kappa shape index (κ3) is 5.40. The van der Waals surface area contributed by atoms with Crippen LogP contribution in [0.3, 0.4) is 0 Å². The van der Waals surface area contributed by atoms with Crippen LogP contribution in [0.5, 0.6) is 0 Å². The van der Waals surface area contributed by atoms with Crippen LogP contribution in [-0.4, -0.2) is 49.8 Å². The monoisotopic (exact) mass is 626 g/mol. The summed E-state index contributed by atoms with van der Waals surface area (Å²) in [5.41, 5.74) is 3.65. The minimum Gasteiger partial charge on any atom is -0.377 e. The third-order valence-corrected chi connectivity index (χ3v) is 8.79. The first-order valence-corrected chi connectivity index (χ1v) is 15.3. The highest BCUT2D eigenvalue weighted by Gasteiger charge is 2.57. The molecule has 0 bridgehead atoms. The Kier molecular flexibility index (Phi) is 7.71. The molecule has 4 aromatic rings. The van der Waals surface area contributed by atoms with Crippen molar-refractivity contribution in [2.24, 2.45) is 18.9 Å². The summed E-state index contributed by atoms with van der Waals surface area (Å²) in [6.45, 7) is 5.22. The molecule has 6 rings (SSSR count). The number of piperidine rings is 1. The number of amides is 1. The van der Waals surface area contributed by atoms with Gasteiger partial charge in [0.2, 0.25) is 5.95 Å². The summed E-state index contributed by atoms with van der Waals surface area (Å²) in [5.74, 6) is 0.528. The number of rotatable bonds is 8. The van der Waals surface area contributed by atoms with Crippen LogP contribution >= 0.6 is 23.5 Å². The fourth-order valence-corrected chi connectivity index (χ4v) is 6.58. The second-order valence-corrected chi connectivity index (χ2v) is 12.0. The molecule has 224 valence electrons. The second kappa shape index (κ2) is 11.3. The Hall–Kier alpha value is -3.84. The molecule has 1 aromatic carbocycles. The number of nitrogens with zero attached hydrogens (tertiary/aromatic N) is 6. The van der Waals surface area contributed by atoms with E-state index in [4.69, 9.17) is 16.6 Å². The molecule has 1 aliphatic heterocycles. The maximum absolute atomic E-state index is 13.6. The molecule has 43 heavy (non-hydrogen) atoms. The zero-order valence-electron chi connectivity index (χ0n) is 23.8. The molecule has 1 amide bonds. The summed E-state index contributed by atoms with van der Waals surface area (Å²) < 4.78 is 30.0. The van der Waals surface area contributed by atoms with Gasteiger partial charge >= 0.3 is 0 Å². The van der Waals surface area contributed by atoms with Crippen molar-refractivity contribution in [2.45, 2.75) is 32.2 Å². The Balaban J connectivity index is 1.29. The highest BCUT2D eigenvalue weighted by Crippen LogP contribution is 2.58. The Morgan fingerprint density at radius 2 is 1.84 bits per heavy atom. The van der Waals surface area contributed by atoms with Crippen molar-refractivity contribution in [3.05, 3.63) is 80.4 Å². The molecule has 1 aliphatic carbocycles. The zero-order valence-corrected chi connectivity index (χ0v) is 25.4. The van der Waals surface area contributed by atoms with Gasteiger partial charge in [0.1, 0.15) is 5.15 Å². The summed E-state index contributed by atoms with van der Waals surface area (Å²) in [6, 6.07) is 6.80. The van der Waals surface area contributed by atoms with Gasteiger partial charge in [-0.25, -0.2) is 28.7 Å². The Labute approximate surface area is 255 Å². The largest absolute Gasteiger partial charge is 0.377 e. The lowest BCUT2D eigenvalue weighted by molar-refractivity contribution is 0.0980. The minimum absolute atomic E-state index is 0.154. The molecule has 1 saturated heterocycles. The maximum Gasteiger partial charge on any atom is 0.297 e. The maximum atomic E-state index is 13.6. The number of fused-ring (bicyclic) bond motifs is 2. The average molecular weight is 627 g/mol. The van der Waals surface area contributed by atoms with Crippen LogP contribution in [-0.2, 0) is 7.05 Å². The minimum atomic E-state index is -2.69. The predicted molar refractivity (Wildman–Crippen MR) is 163 cm³/mol. The quantitative estimate of drug-likeness (QED) is 0.205. The number of carbonyl (C=O) groups excluding carboxylic acids is 1. The van der Waals surface area contributed by atoms with E-state index in [1.54, 1.807) is 30.0 Å². The van der Waals surface area contributed by atoms with Gasteiger partial charge in [-0.1, -0.05) is 29.6 Å². The van der Waals surface area contributed by atoms with Gasteiger partial charge in [0.15, 0.2) is 11.5 Å². The number of pyridine rings is 1. The van der Waals surface area contributed by atoms with E-state index < -0.39 is 12.2 Å². The van der Waals surface area contributed by atoms with Crippen LogP contribution in [0.25, 0.3) is 10.9 Å². The fraction of sp³-hybridized carbons (Fsp3) is 0.379. The fourth-order valence-electron chi connectivity index (χ4n) is 6.15. The number of anilines is 2. The van der Waals surface area contributed by atoms with Gasteiger partial charge in [0.05, 0.1) is 22.6 Å². The Morgan fingerprint density at radius 3 is 2.49 bits per heavy atom. The normalized spacial score (nSPS) is 19.9. The van der Waals surface area contributed by atoms with E-state index in [1.165, 1.54) is 12.4 Å². The van der Waals surface area contributed by atoms with E-state index in [0.29, 0.717) is 47.5 Å². The van der Waals surface area contributed by atoms with Gasteiger partial charge in [0.25, 0.3) is 17.9 Å². The van der Waals surface area contributed by atoms with Gasteiger partial charge in [-0.3, -0.25) is 18.9 Å². The molecular weight excluding hydrogens is 598 g/mol. The first-order chi connectivity index (χ1) is 20.6. The van der Waals surface area contributed by atoms with E-state index >= 15 is 0 Å². The van der Waals surface area contributed by atoms with Gasteiger partial charge in [-0.05, 0) is 60.9 Å². The topological polar surface area (TPSA) is 118 Å². The van der Waals surface area contributed by atoms with Gasteiger partial charge in [-0.2, -0.15) is 0 Å². The van der Waals surface area contributed by atoms with Gasteiger partial charge in [0, 0.05) is 44.4 Å². The molecule has 0 radical (unpaired) electrons. The summed E-state index contributed by atoms with van der Waals surface area (Å²) >= 11 is 7.25. The number of hydrogen-bond acceptors (Lipinski definition) is 9. The standard InChI is InChI=1S/C29H29ClF2N8O2S/c1-13-7-16(14(2)35-20-5-6-21(30)36-24(20)27(41)38-43-4)23-17(8-13)28(42)39(3)29(37-23)40-11-18-19(12-40)22(18)15-9-33-26(25(31)32)34-10-15/h5-10,14,18-19,22,25,35H,11-12H2,1-4H3,(H,38,41). The second-order valence-electron chi connectivity index (χ2n) is 11.0. The van der Waals surface area contributed by atoms with E-state index in [0.717, 1.165) is 28.6 Å². The van der Waals surface area contributed by atoms with Crippen LogP contribution in [0.4, 0.5) is 20.4 Å². The summed E-state index contributed by atoms with van der Waals surface area (Å²) in [6.07, 6.45) is 2.05. The highest BCUT2D eigenvalue weighted by atomic mass is 35.5. The Bertz CT molecular complexity index is 1780. The number of benzene rings is 1. The number of alkyl halides is 2. The van der Waals surface area contributed by atoms with Crippen LogP contribution in [0.2, 0.25) is 5.15 Å². The van der Waals surface area contributed by atoms with Crippen LogP contribution in [0.15, 0.2) is 41.5 Å². The average Bonchev–Trinajstić information content (AvgIpc) is 3.48. The van der Waals surface area contributed by atoms with Crippen LogP contribution in [0.1, 0.15) is 58.3 Å². The SMILES string of the molecule is CSNC(=O)c1nc(Cl)ccc1NC(C)c1cc(C)cc2c(=O)n(C)c(N3CC4C(C3)C4c3cnc(C(F)F)nc3)nc12. The number of aryl methyl sites for hydroxylation is 1. The van der Waals surface area contributed by atoms with E-state index in [2.05, 4.69) is 29.9 Å². The molecule has 3 aromatic heterocycles. The molecule has 10 nitrogen and oxygen atoms in total. The molecule has 14 heteroatoms. The zero-order chi connectivity index (χ0) is 30.6. The molecule has 3 atom stereocenters. The van der Waals surface area contributed by atoms with E-state index in [9.17, 15) is 18.4 Å². The molecule has 2 aliphatic rings. The summed E-state index contributed by atoms with van der Waals surface area (Å²) in [5, 5.41) is 4.07. The Morgan fingerprint density at radius 1 is 1.14 bits per heavy atom. The smallest absolute Gasteiger partial charge is 0.297 e. The number of carbonyl (C=O) groups is 1. The van der Waals surface area contributed by atoms with Crippen LogP contribution < -0.4 is 20.5 Å². The van der Waals surface area contributed by atoms with Crippen molar-refractivity contribution in [2.75, 3.05) is 29.6 Å². The van der Waals surface area contributed by atoms with Gasteiger partial charge < -0.3 is 10.2 Å². The molecule has 3 unspecified atom stereocenters. The molecule has 0 spiro atoms. The van der Waals surface area contributed by atoms with Crippen LogP contribution in [0, 0.1) is 18.8 Å². The summed E-state index contributed by atoms with van der Waals surface area (Å²) in [7, 11) is 1.72. The third-order valence-electron chi connectivity index (χ3n) is 8.19. The first kappa shape index (κ1) is 29.2. The van der Waals surface area contributed by atoms with Gasteiger partial charge in [-0.15, -0.1) is 0 Å². The van der Waals surface area contributed by atoms with Crippen molar-refractivity contribution in [1.29, 1.82) is 0 Å². The number of halogens is 3. The van der Waals surface area contributed by atoms with Crippen molar-refractivity contribution in [3.8, 4) is 0 Å². The van der Waals surface area contributed by atoms with E-state index in [-0.39, 0.29) is 34.3 Å². The van der Waals surface area contributed by atoms with Crippen molar-refractivity contribution in [3.63, 3.8) is 0 Å². The number of hydrogen-bond donors (Lipinski definition) is 2. The molecule has 4 heterocycles. The molecular formula is C29H29ClF2N8O2S. The van der Waals surface area contributed by atoms with Crippen molar-refractivity contribution < 1.29 is 13.6 Å². The molecule has 2 fully saturated rings.